The number of likely N-dealkylation sites (N-methyl/N-ethyl adjacent to an activating group) is 1. The first-order chi connectivity index (χ1) is 9.69. The highest BCUT2D eigenvalue weighted by atomic mass is 35.5. The minimum Gasteiger partial charge on any atom is -0.496 e. The topological polar surface area (TPSA) is 55.8 Å². The molecule has 116 valence electrons. The van der Waals surface area contributed by atoms with Gasteiger partial charge in [-0.25, -0.2) is 4.79 Å². The lowest BCUT2D eigenvalue weighted by atomic mass is 10.1. The summed E-state index contributed by atoms with van der Waals surface area (Å²) < 4.78 is 10.5. The third kappa shape index (κ3) is 4.63. The maximum atomic E-state index is 12.1. The minimum absolute atomic E-state index is 0.454. The lowest BCUT2D eigenvalue weighted by Gasteiger charge is -2.28. The summed E-state index contributed by atoms with van der Waals surface area (Å²) >= 11 is 5.96. The number of amides is 1. The third-order valence-electron chi connectivity index (χ3n) is 2.74. The zero-order chi connectivity index (χ0) is 16.2. The number of carbonyl (C=O) groups excluding carboxylic acids is 2. The molecule has 1 rings (SSSR count). The summed E-state index contributed by atoms with van der Waals surface area (Å²) in [6.45, 7) is 5.28. The standard InChI is InChI=1S/C15H20ClNO4/c1-15(2,3)21-14(19)17(4)12(9-18)11-8-10(16)6-7-13(11)20-5/h6-9,12H,1-5H3. The Kier molecular flexibility index (Phi) is 5.61. The maximum absolute atomic E-state index is 12.1. The van der Waals surface area contributed by atoms with Crippen molar-refractivity contribution in [3.05, 3.63) is 28.8 Å². The Bertz CT molecular complexity index is 525. The van der Waals surface area contributed by atoms with Crippen LogP contribution in [0.5, 0.6) is 5.75 Å². The number of rotatable bonds is 4. The predicted octanol–water partition coefficient (Wildman–Crippen LogP) is 3.46. The average molecular weight is 314 g/mol. The van der Waals surface area contributed by atoms with E-state index < -0.39 is 17.7 Å². The molecule has 1 unspecified atom stereocenters. The highest BCUT2D eigenvalue weighted by Gasteiger charge is 2.28. The van der Waals surface area contributed by atoms with Crippen LogP contribution in [0.4, 0.5) is 4.79 Å². The number of hydrogen-bond donors (Lipinski definition) is 0. The van der Waals surface area contributed by atoms with E-state index in [0.717, 1.165) is 0 Å². The van der Waals surface area contributed by atoms with Crippen LogP contribution in [-0.2, 0) is 9.53 Å². The van der Waals surface area contributed by atoms with Crippen LogP contribution in [0.3, 0.4) is 0 Å². The Morgan fingerprint density at radius 1 is 1.38 bits per heavy atom. The molecule has 0 fully saturated rings. The van der Waals surface area contributed by atoms with Gasteiger partial charge in [-0.15, -0.1) is 0 Å². The van der Waals surface area contributed by atoms with E-state index in [9.17, 15) is 9.59 Å². The molecule has 6 heteroatoms. The molecule has 0 spiro atoms. The van der Waals surface area contributed by atoms with Gasteiger partial charge in [-0.2, -0.15) is 0 Å². The molecule has 0 saturated heterocycles. The zero-order valence-corrected chi connectivity index (χ0v) is 13.6. The van der Waals surface area contributed by atoms with Crippen molar-refractivity contribution < 1.29 is 19.1 Å². The molecule has 1 aromatic carbocycles. The van der Waals surface area contributed by atoms with Gasteiger partial charge in [0.05, 0.1) is 7.11 Å². The van der Waals surface area contributed by atoms with E-state index in [-0.39, 0.29) is 0 Å². The Morgan fingerprint density at radius 2 is 2.00 bits per heavy atom. The molecule has 21 heavy (non-hydrogen) atoms. The number of benzene rings is 1. The number of ether oxygens (including phenoxy) is 2. The fourth-order valence-corrected chi connectivity index (χ4v) is 1.94. The van der Waals surface area contributed by atoms with Crippen LogP contribution in [-0.4, -0.2) is 37.0 Å². The van der Waals surface area contributed by atoms with Crippen molar-refractivity contribution >= 4 is 24.0 Å². The molecule has 1 aromatic rings. The van der Waals surface area contributed by atoms with E-state index in [1.165, 1.54) is 19.1 Å². The van der Waals surface area contributed by atoms with E-state index in [0.29, 0.717) is 22.6 Å². The molecule has 0 heterocycles. The first-order valence-corrected chi connectivity index (χ1v) is 6.82. The quantitative estimate of drug-likeness (QED) is 0.799. The van der Waals surface area contributed by atoms with Gasteiger partial charge in [0.25, 0.3) is 0 Å². The van der Waals surface area contributed by atoms with Gasteiger partial charge in [-0.1, -0.05) is 11.6 Å². The fourth-order valence-electron chi connectivity index (χ4n) is 1.76. The van der Waals surface area contributed by atoms with Gasteiger partial charge in [0.15, 0.2) is 0 Å². The lowest BCUT2D eigenvalue weighted by Crippen LogP contribution is -2.37. The maximum Gasteiger partial charge on any atom is 0.410 e. The largest absolute Gasteiger partial charge is 0.496 e. The molecule has 0 aliphatic rings. The zero-order valence-electron chi connectivity index (χ0n) is 12.8. The van der Waals surface area contributed by atoms with Crippen molar-refractivity contribution in [3.8, 4) is 5.75 Å². The normalized spacial score (nSPS) is 12.5. The van der Waals surface area contributed by atoms with Crippen molar-refractivity contribution in [1.29, 1.82) is 0 Å². The second-order valence-electron chi connectivity index (χ2n) is 5.56. The minimum atomic E-state index is -0.839. The van der Waals surface area contributed by atoms with Gasteiger partial charge in [0.2, 0.25) is 0 Å². The second-order valence-corrected chi connectivity index (χ2v) is 5.99. The van der Waals surface area contributed by atoms with E-state index in [1.54, 1.807) is 39.0 Å². The molecule has 0 N–H and O–H groups in total. The van der Waals surface area contributed by atoms with E-state index in [1.807, 2.05) is 0 Å². The summed E-state index contributed by atoms with van der Waals surface area (Å²) in [6.07, 6.45) is 0.0552. The highest BCUT2D eigenvalue weighted by molar-refractivity contribution is 6.30. The molecule has 0 aliphatic heterocycles. The Labute approximate surface area is 129 Å². The van der Waals surface area contributed by atoms with E-state index in [4.69, 9.17) is 21.1 Å². The Morgan fingerprint density at radius 3 is 2.48 bits per heavy atom. The van der Waals surface area contributed by atoms with Crippen LogP contribution in [0.2, 0.25) is 5.02 Å². The highest BCUT2D eigenvalue weighted by Crippen LogP contribution is 2.31. The number of aldehydes is 1. The third-order valence-corrected chi connectivity index (χ3v) is 2.97. The molecular formula is C15H20ClNO4. The van der Waals surface area contributed by atoms with Gasteiger partial charge in [-0.3, -0.25) is 4.90 Å². The Balaban J connectivity index is 3.10. The summed E-state index contributed by atoms with van der Waals surface area (Å²) in [7, 11) is 2.98. The molecule has 1 amide bonds. The first-order valence-electron chi connectivity index (χ1n) is 6.44. The Hall–Kier alpha value is -1.75. The number of carbonyl (C=O) groups is 2. The summed E-state index contributed by atoms with van der Waals surface area (Å²) in [6, 6.07) is 4.06. The summed E-state index contributed by atoms with van der Waals surface area (Å²) in [4.78, 5) is 24.8. The molecule has 0 bridgehead atoms. The van der Waals surface area contributed by atoms with Gasteiger partial charge < -0.3 is 14.3 Å². The fraction of sp³-hybridized carbons (Fsp3) is 0.467. The van der Waals surface area contributed by atoms with Gasteiger partial charge >= 0.3 is 6.09 Å². The van der Waals surface area contributed by atoms with Crippen LogP contribution >= 0.6 is 11.6 Å². The molecule has 5 nitrogen and oxygen atoms in total. The monoisotopic (exact) mass is 313 g/mol. The molecule has 0 aromatic heterocycles. The smallest absolute Gasteiger partial charge is 0.410 e. The van der Waals surface area contributed by atoms with Crippen LogP contribution in [0.15, 0.2) is 18.2 Å². The average Bonchev–Trinajstić information content (AvgIpc) is 2.37. The predicted molar refractivity (Wildman–Crippen MR) is 80.8 cm³/mol. The van der Waals surface area contributed by atoms with Crippen molar-refractivity contribution in [2.75, 3.05) is 14.2 Å². The van der Waals surface area contributed by atoms with E-state index >= 15 is 0 Å². The van der Waals surface area contributed by atoms with Crippen LogP contribution in [0, 0.1) is 0 Å². The van der Waals surface area contributed by atoms with Crippen LogP contribution < -0.4 is 4.74 Å². The lowest BCUT2D eigenvalue weighted by molar-refractivity contribution is -0.112. The number of hydrogen-bond acceptors (Lipinski definition) is 4. The van der Waals surface area contributed by atoms with Crippen molar-refractivity contribution in [2.45, 2.75) is 32.4 Å². The van der Waals surface area contributed by atoms with Crippen LogP contribution in [0.25, 0.3) is 0 Å². The summed E-state index contributed by atoms with van der Waals surface area (Å²) in [5.74, 6) is 0.479. The summed E-state index contributed by atoms with van der Waals surface area (Å²) in [5, 5.41) is 0.454. The van der Waals surface area contributed by atoms with Gasteiger partial charge in [0.1, 0.15) is 23.7 Å². The van der Waals surface area contributed by atoms with Gasteiger partial charge in [-0.05, 0) is 39.0 Å². The van der Waals surface area contributed by atoms with Gasteiger partial charge in [0, 0.05) is 17.6 Å². The number of nitrogens with zero attached hydrogens (tertiary/aromatic N) is 1. The number of methoxy groups -OCH3 is 1. The second kappa shape index (κ2) is 6.80. The first kappa shape index (κ1) is 17.3. The van der Waals surface area contributed by atoms with E-state index in [2.05, 4.69) is 0 Å². The molecule has 1 atom stereocenters. The molecular weight excluding hydrogens is 294 g/mol. The molecule has 0 aliphatic carbocycles. The molecule has 0 saturated carbocycles. The SMILES string of the molecule is COc1ccc(Cl)cc1C(C=O)N(C)C(=O)OC(C)(C)C. The van der Waals surface area contributed by atoms with Crippen molar-refractivity contribution in [1.82, 2.24) is 4.90 Å². The van der Waals surface area contributed by atoms with Crippen molar-refractivity contribution in [3.63, 3.8) is 0 Å². The van der Waals surface area contributed by atoms with Crippen LogP contribution in [0.1, 0.15) is 32.4 Å². The number of halogens is 1. The molecule has 0 radical (unpaired) electrons. The van der Waals surface area contributed by atoms with Crippen molar-refractivity contribution in [2.24, 2.45) is 0 Å². The summed E-state index contributed by atoms with van der Waals surface area (Å²) in [5.41, 5.74) is -0.134.